The van der Waals surface area contributed by atoms with Gasteiger partial charge in [-0.15, -0.1) is 0 Å². The smallest absolute Gasteiger partial charge is 0.375 e. The highest BCUT2D eigenvalue weighted by atomic mass is 35.5. The maximum atomic E-state index is 12.4. The molecule has 0 fully saturated rings. The highest BCUT2D eigenvalue weighted by molar-refractivity contribution is 6.31. The van der Waals surface area contributed by atoms with E-state index in [-0.39, 0.29) is 11.7 Å². The Balaban J connectivity index is 1.70. The van der Waals surface area contributed by atoms with Gasteiger partial charge in [0.15, 0.2) is 6.61 Å². The number of fused-ring (bicyclic) bond motifs is 1. The summed E-state index contributed by atoms with van der Waals surface area (Å²) in [7, 11) is 0. The number of esters is 1. The number of aryl methyl sites for hydroxylation is 2. The average Bonchev–Trinajstić information content (AvgIpc) is 2.97. The fourth-order valence-corrected chi connectivity index (χ4v) is 3.27. The molecule has 1 N–H and O–H groups in total. The van der Waals surface area contributed by atoms with Gasteiger partial charge in [-0.25, -0.2) is 4.79 Å². The van der Waals surface area contributed by atoms with Crippen molar-refractivity contribution >= 4 is 40.1 Å². The third-order valence-corrected chi connectivity index (χ3v) is 4.84. The van der Waals surface area contributed by atoms with Crippen LogP contribution in [0.2, 0.25) is 5.02 Å². The molecular formula is C22H22ClNO4. The van der Waals surface area contributed by atoms with Crippen LogP contribution in [0.25, 0.3) is 11.0 Å². The monoisotopic (exact) mass is 399 g/mol. The van der Waals surface area contributed by atoms with Gasteiger partial charge in [-0.3, -0.25) is 4.79 Å². The first-order chi connectivity index (χ1) is 13.3. The molecule has 3 rings (SSSR count). The summed E-state index contributed by atoms with van der Waals surface area (Å²) < 4.78 is 10.7. The van der Waals surface area contributed by atoms with E-state index in [1.807, 2.05) is 25.1 Å². The molecule has 146 valence electrons. The highest BCUT2D eigenvalue weighted by Crippen LogP contribution is 2.29. The Morgan fingerprint density at radius 1 is 1.18 bits per heavy atom. The lowest BCUT2D eigenvalue weighted by Gasteiger charge is -2.16. The molecule has 0 bridgehead atoms. The SMILES string of the molecule is Cc1cccc(C(C)C)c1NC(=O)COC(=O)c1oc2ccc(Cl)cc2c1C. The van der Waals surface area contributed by atoms with Crippen LogP contribution in [0.5, 0.6) is 0 Å². The van der Waals surface area contributed by atoms with Crippen LogP contribution in [0.4, 0.5) is 5.69 Å². The number of hydrogen-bond acceptors (Lipinski definition) is 4. The highest BCUT2D eigenvalue weighted by Gasteiger charge is 2.21. The number of benzene rings is 2. The van der Waals surface area contributed by atoms with E-state index < -0.39 is 18.5 Å². The second-order valence-corrected chi connectivity index (χ2v) is 7.45. The standard InChI is InChI=1S/C22H22ClNO4/c1-12(2)16-7-5-6-13(3)20(16)24-19(25)11-27-22(26)21-14(4)17-10-15(23)8-9-18(17)28-21/h5-10,12H,11H2,1-4H3,(H,24,25). The van der Waals surface area contributed by atoms with E-state index in [9.17, 15) is 9.59 Å². The molecule has 1 aromatic heterocycles. The molecule has 6 heteroatoms. The molecule has 0 saturated heterocycles. The molecule has 2 aromatic carbocycles. The summed E-state index contributed by atoms with van der Waals surface area (Å²) in [6.07, 6.45) is 0. The molecular weight excluding hydrogens is 378 g/mol. The number of ether oxygens (including phenoxy) is 1. The molecule has 0 saturated carbocycles. The Hall–Kier alpha value is -2.79. The van der Waals surface area contributed by atoms with E-state index in [0.717, 1.165) is 22.2 Å². The number of nitrogens with one attached hydrogen (secondary N) is 1. The van der Waals surface area contributed by atoms with Crippen LogP contribution < -0.4 is 5.32 Å². The third kappa shape index (κ3) is 4.04. The average molecular weight is 400 g/mol. The Labute approximate surface area is 168 Å². The number of amides is 1. The lowest BCUT2D eigenvalue weighted by Crippen LogP contribution is -2.22. The van der Waals surface area contributed by atoms with Crippen molar-refractivity contribution in [3.63, 3.8) is 0 Å². The van der Waals surface area contributed by atoms with Crippen LogP contribution in [-0.2, 0) is 9.53 Å². The second kappa shape index (κ2) is 8.07. The van der Waals surface area contributed by atoms with Gasteiger partial charge >= 0.3 is 5.97 Å². The van der Waals surface area contributed by atoms with E-state index in [4.69, 9.17) is 20.8 Å². The summed E-state index contributed by atoms with van der Waals surface area (Å²) >= 11 is 6.00. The zero-order chi connectivity index (χ0) is 20.4. The third-order valence-electron chi connectivity index (χ3n) is 4.61. The van der Waals surface area contributed by atoms with Crippen LogP contribution in [0.3, 0.4) is 0 Å². The van der Waals surface area contributed by atoms with Crippen LogP contribution in [0.1, 0.15) is 47.0 Å². The van der Waals surface area contributed by atoms with Crippen molar-refractivity contribution in [1.29, 1.82) is 0 Å². The Kier molecular flexibility index (Phi) is 5.75. The van der Waals surface area contributed by atoms with E-state index >= 15 is 0 Å². The first kappa shape index (κ1) is 20.0. The molecule has 0 aliphatic rings. The quantitative estimate of drug-likeness (QED) is 0.565. The number of rotatable bonds is 5. The molecule has 0 aliphatic carbocycles. The van der Waals surface area contributed by atoms with Gasteiger partial charge in [0.25, 0.3) is 5.91 Å². The number of para-hydroxylation sites is 1. The molecule has 0 unspecified atom stereocenters. The molecule has 1 heterocycles. The summed E-state index contributed by atoms with van der Waals surface area (Å²) in [5.41, 5.74) is 3.91. The van der Waals surface area contributed by atoms with Crippen LogP contribution in [0.15, 0.2) is 40.8 Å². The van der Waals surface area contributed by atoms with Crippen LogP contribution in [-0.4, -0.2) is 18.5 Å². The lowest BCUT2D eigenvalue weighted by molar-refractivity contribution is -0.119. The summed E-state index contributed by atoms with van der Waals surface area (Å²) in [6.45, 7) is 7.39. The van der Waals surface area contributed by atoms with Crippen molar-refractivity contribution in [2.75, 3.05) is 11.9 Å². The van der Waals surface area contributed by atoms with Gasteiger partial charge in [0, 0.05) is 21.7 Å². The number of furan rings is 1. The predicted octanol–water partition coefficient (Wildman–Crippen LogP) is 5.62. The molecule has 0 atom stereocenters. The van der Waals surface area contributed by atoms with Gasteiger partial charge in [-0.05, 0) is 49.1 Å². The number of hydrogen-bond donors (Lipinski definition) is 1. The minimum absolute atomic E-state index is 0.0730. The van der Waals surface area contributed by atoms with Gasteiger partial charge in [0.1, 0.15) is 5.58 Å². The first-order valence-corrected chi connectivity index (χ1v) is 9.41. The largest absolute Gasteiger partial charge is 0.450 e. The zero-order valence-electron chi connectivity index (χ0n) is 16.3. The van der Waals surface area contributed by atoms with Crippen molar-refractivity contribution in [2.24, 2.45) is 0 Å². The van der Waals surface area contributed by atoms with E-state index in [1.165, 1.54) is 0 Å². The minimum atomic E-state index is -0.686. The maximum Gasteiger partial charge on any atom is 0.375 e. The van der Waals surface area contributed by atoms with Gasteiger partial charge in [-0.2, -0.15) is 0 Å². The molecule has 3 aromatic rings. The lowest BCUT2D eigenvalue weighted by atomic mass is 9.98. The summed E-state index contributed by atoms with van der Waals surface area (Å²) in [5, 5.41) is 4.14. The number of anilines is 1. The second-order valence-electron chi connectivity index (χ2n) is 7.01. The molecule has 1 amide bonds. The molecule has 0 radical (unpaired) electrons. The molecule has 5 nitrogen and oxygen atoms in total. The van der Waals surface area contributed by atoms with Crippen LogP contribution >= 0.6 is 11.6 Å². The normalized spacial score (nSPS) is 11.1. The van der Waals surface area contributed by atoms with Crippen LogP contribution in [0, 0.1) is 13.8 Å². The fourth-order valence-electron chi connectivity index (χ4n) is 3.10. The van der Waals surface area contributed by atoms with Gasteiger partial charge < -0.3 is 14.5 Å². The van der Waals surface area contributed by atoms with Crippen molar-refractivity contribution < 1.29 is 18.7 Å². The van der Waals surface area contributed by atoms with E-state index in [2.05, 4.69) is 19.2 Å². The summed E-state index contributed by atoms with van der Waals surface area (Å²) in [4.78, 5) is 24.7. The first-order valence-electron chi connectivity index (χ1n) is 9.03. The number of carbonyl (C=O) groups is 2. The van der Waals surface area contributed by atoms with Gasteiger partial charge in [0.2, 0.25) is 5.76 Å². The molecule has 28 heavy (non-hydrogen) atoms. The van der Waals surface area contributed by atoms with E-state index in [1.54, 1.807) is 25.1 Å². The maximum absolute atomic E-state index is 12.4. The molecule has 0 spiro atoms. The van der Waals surface area contributed by atoms with Crippen molar-refractivity contribution in [1.82, 2.24) is 0 Å². The van der Waals surface area contributed by atoms with Gasteiger partial charge in [0.05, 0.1) is 0 Å². The topological polar surface area (TPSA) is 68.5 Å². The summed E-state index contributed by atoms with van der Waals surface area (Å²) in [5.74, 6) is -0.762. The van der Waals surface area contributed by atoms with Crippen molar-refractivity contribution in [3.05, 3.63) is 63.9 Å². The summed E-state index contributed by atoms with van der Waals surface area (Å²) in [6, 6.07) is 11.0. The van der Waals surface area contributed by atoms with Crippen molar-refractivity contribution in [3.8, 4) is 0 Å². The Morgan fingerprint density at radius 3 is 2.64 bits per heavy atom. The zero-order valence-corrected chi connectivity index (χ0v) is 17.0. The van der Waals surface area contributed by atoms with Crippen molar-refractivity contribution in [2.45, 2.75) is 33.6 Å². The van der Waals surface area contributed by atoms with E-state index in [0.29, 0.717) is 16.2 Å². The Bertz CT molecular complexity index is 1050. The number of halogens is 1. The Morgan fingerprint density at radius 2 is 1.93 bits per heavy atom. The van der Waals surface area contributed by atoms with Gasteiger partial charge in [-0.1, -0.05) is 43.6 Å². The minimum Gasteiger partial charge on any atom is -0.450 e. The predicted molar refractivity (Wildman–Crippen MR) is 110 cm³/mol. The fraction of sp³-hybridized carbons (Fsp3) is 0.273. The number of carbonyl (C=O) groups excluding carboxylic acids is 2. The molecule has 0 aliphatic heterocycles.